The maximum absolute atomic E-state index is 12.2. The lowest BCUT2D eigenvalue weighted by Crippen LogP contribution is -2.28. The van der Waals surface area contributed by atoms with Crippen LogP contribution in [0.2, 0.25) is 0 Å². The fourth-order valence-corrected chi connectivity index (χ4v) is 5.96. The molecule has 0 aliphatic carbocycles. The second-order valence-corrected chi connectivity index (χ2v) is 14.0. The van der Waals surface area contributed by atoms with Crippen LogP contribution in [0.4, 0.5) is 0 Å². The smallest absolute Gasteiger partial charge is 0.306 e. The SMILES string of the molecule is CC/C=C\C/C=C\C/C=C\C/C=C\CCCCCCC(=O)OC[C@H](CO)OC(=O)CCCCCCCCCCCCCCCCCCCCC. The Morgan fingerprint density at radius 2 is 0.860 bits per heavy atom. The van der Waals surface area contributed by atoms with Crippen LogP contribution in [0.3, 0.4) is 0 Å². The third-order valence-corrected chi connectivity index (χ3v) is 9.14. The van der Waals surface area contributed by atoms with Gasteiger partial charge < -0.3 is 14.6 Å². The molecule has 0 aliphatic rings. The lowest BCUT2D eigenvalue weighted by Gasteiger charge is -2.15. The minimum Gasteiger partial charge on any atom is -0.462 e. The van der Waals surface area contributed by atoms with Crippen molar-refractivity contribution in [1.82, 2.24) is 0 Å². The van der Waals surface area contributed by atoms with Crippen molar-refractivity contribution in [3.63, 3.8) is 0 Å². The number of aliphatic hydroxyl groups is 1. The zero-order valence-corrected chi connectivity index (χ0v) is 32.9. The Morgan fingerprint density at radius 3 is 1.30 bits per heavy atom. The molecule has 0 aromatic carbocycles. The summed E-state index contributed by atoms with van der Waals surface area (Å²) in [4.78, 5) is 24.3. The number of carbonyl (C=O) groups is 2. The number of carbonyl (C=O) groups excluding carboxylic acids is 2. The van der Waals surface area contributed by atoms with Crippen LogP contribution in [0.15, 0.2) is 48.6 Å². The molecule has 0 spiro atoms. The molecule has 290 valence electrons. The summed E-state index contributed by atoms with van der Waals surface area (Å²) in [5.74, 6) is -0.613. The second kappa shape index (κ2) is 41.3. The van der Waals surface area contributed by atoms with Gasteiger partial charge in [0.2, 0.25) is 0 Å². The van der Waals surface area contributed by atoms with Gasteiger partial charge in [0, 0.05) is 12.8 Å². The van der Waals surface area contributed by atoms with Gasteiger partial charge in [0.1, 0.15) is 6.61 Å². The largest absolute Gasteiger partial charge is 0.462 e. The van der Waals surface area contributed by atoms with Gasteiger partial charge in [0.25, 0.3) is 0 Å². The van der Waals surface area contributed by atoms with Crippen molar-refractivity contribution in [2.75, 3.05) is 13.2 Å². The highest BCUT2D eigenvalue weighted by Crippen LogP contribution is 2.15. The van der Waals surface area contributed by atoms with Crippen LogP contribution in [0.1, 0.15) is 206 Å². The Balaban J connectivity index is 3.56. The monoisotopic (exact) mass is 701 g/mol. The Labute approximate surface area is 309 Å². The molecule has 1 N–H and O–H groups in total. The maximum Gasteiger partial charge on any atom is 0.306 e. The number of unbranched alkanes of at least 4 members (excludes halogenated alkanes) is 22. The minimum atomic E-state index is -0.780. The van der Waals surface area contributed by atoms with E-state index in [0.717, 1.165) is 77.0 Å². The van der Waals surface area contributed by atoms with Gasteiger partial charge in [0.05, 0.1) is 6.61 Å². The van der Waals surface area contributed by atoms with Crippen LogP contribution in [-0.2, 0) is 19.1 Å². The summed E-state index contributed by atoms with van der Waals surface area (Å²) < 4.78 is 10.6. The molecule has 50 heavy (non-hydrogen) atoms. The van der Waals surface area contributed by atoms with E-state index in [9.17, 15) is 14.7 Å². The summed E-state index contributed by atoms with van der Waals surface area (Å²) >= 11 is 0. The van der Waals surface area contributed by atoms with Crippen molar-refractivity contribution in [2.24, 2.45) is 0 Å². The number of rotatable bonds is 38. The molecule has 0 heterocycles. The van der Waals surface area contributed by atoms with E-state index in [1.165, 1.54) is 103 Å². The molecule has 0 aliphatic heterocycles. The summed E-state index contributed by atoms with van der Waals surface area (Å²) in [5, 5.41) is 9.57. The van der Waals surface area contributed by atoms with E-state index in [1.54, 1.807) is 0 Å². The Kier molecular flexibility index (Phi) is 39.5. The molecule has 0 aromatic rings. The molecule has 5 heteroatoms. The number of aliphatic hydroxyl groups excluding tert-OH is 1. The summed E-state index contributed by atoms with van der Waals surface area (Å²) in [7, 11) is 0. The molecule has 0 saturated carbocycles. The lowest BCUT2D eigenvalue weighted by atomic mass is 10.0. The molecule has 0 aromatic heterocycles. The van der Waals surface area contributed by atoms with Gasteiger partial charge in [-0.3, -0.25) is 9.59 Å². The average Bonchev–Trinajstić information content (AvgIpc) is 3.12. The quantitative estimate of drug-likeness (QED) is 0.0394. The first-order chi connectivity index (χ1) is 24.6. The topological polar surface area (TPSA) is 72.8 Å². The van der Waals surface area contributed by atoms with Crippen molar-refractivity contribution in [1.29, 1.82) is 0 Å². The van der Waals surface area contributed by atoms with Crippen LogP contribution in [0.5, 0.6) is 0 Å². The van der Waals surface area contributed by atoms with Gasteiger partial charge in [-0.05, 0) is 51.4 Å². The molecule has 0 rings (SSSR count). The molecule has 0 saturated heterocycles. The molecular weight excluding hydrogens is 620 g/mol. The van der Waals surface area contributed by atoms with E-state index in [0.29, 0.717) is 12.8 Å². The van der Waals surface area contributed by atoms with Gasteiger partial charge in [0.15, 0.2) is 6.10 Å². The normalized spacial score (nSPS) is 12.6. The van der Waals surface area contributed by atoms with Crippen LogP contribution in [0.25, 0.3) is 0 Å². The van der Waals surface area contributed by atoms with Crippen LogP contribution >= 0.6 is 0 Å². The van der Waals surface area contributed by atoms with E-state index in [2.05, 4.69) is 62.5 Å². The second-order valence-electron chi connectivity index (χ2n) is 14.0. The summed E-state index contributed by atoms with van der Waals surface area (Å²) in [6.45, 7) is 4.02. The van der Waals surface area contributed by atoms with Crippen molar-refractivity contribution in [3.8, 4) is 0 Å². The number of hydrogen-bond acceptors (Lipinski definition) is 5. The molecular formula is C45H80O5. The third kappa shape index (κ3) is 38.7. The first-order valence-electron chi connectivity index (χ1n) is 21.2. The minimum absolute atomic E-state index is 0.0773. The maximum atomic E-state index is 12.2. The lowest BCUT2D eigenvalue weighted by molar-refractivity contribution is -0.161. The predicted molar refractivity (Wildman–Crippen MR) is 214 cm³/mol. The number of esters is 2. The van der Waals surface area contributed by atoms with Gasteiger partial charge in [-0.25, -0.2) is 0 Å². The van der Waals surface area contributed by atoms with Crippen LogP contribution < -0.4 is 0 Å². The van der Waals surface area contributed by atoms with E-state index < -0.39 is 6.10 Å². The summed E-state index contributed by atoms with van der Waals surface area (Å²) in [6.07, 6.45) is 51.8. The first-order valence-corrected chi connectivity index (χ1v) is 21.2. The molecule has 1 atom stereocenters. The highest BCUT2D eigenvalue weighted by atomic mass is 16.6. The molecule has 0 radical (unpaired) electrons. The van der Waals surface area contributed by atoms with Crippen LogP contribution in [-0.4, -0.2) is 36.4 Å². The molecule has 0 unspecified atom stereocenters. The van der Waals surface area contributed by atoms with Crippen molar-refractivity contribution in [3.05, 3.63) is 48.6 Å². The zero-order chi connectivity index (χ0) is 36.4. The molecule has 5 nitrogen and oxygen atoms in total. The first kappa shape index (κ1) is 47.9. The van der Waals surface area contributed by atoms with E-state index in [-0.39, 0.29) is 25.2 Å². The van der Waals surface area contributed by atoms with Gasteiger partial charge in [-0.15, -0.1) is 0 Å². The third-order valence-electron chi connectivity index (χ3n) is 9.14. The average molecular weight is 701 g/mol. The highest BCUT2D eigenvalue weighted by Gasteiger charge is 2.16. The van der Waals surface area contributed by atoms with Gasteiger partial charge in [-0.1, -0.05) is 191 Å². The Morgan fingerprint density at radius 1 is 0.480 bits per heavy atom. The van der Waals surface area contributed by atoms with Gasteiger partial charge >= 0.3 is 11.9 Å². The summed E-state index contributed by atoms with van der Waals surface area (Å²) in [5.41, 5.74) is 0. The van der Waals surface area contributed by atoms with Crippen molar-refractivity contribution in [2.45, 2.75) is 213 Å². The van der Waals surface area contributed by atoms with Gasteiger partial charge in [-0.2, -0.15) is 0 Å². The Bertz CT molecular complexity index is 842. The Hall–Kier alpha value is -2.14. The number of hydrogen-bond donors (Lipinski definition) is 1. The number of ether oxygens (including phenoxy) is 2. The van der Waals surface area contributed by atoms with Crippen molar-refractivity contribution < 1.29 is 24.2 Å². The standard InChI is InChI=1S/C45H80O5/c1-3-5-7-9-11-13-15-17-19-21-22-24-26-28-30-32-34-36-38-40-45(48)50-43(41-46)42-49-44(47)39-37-35-33-31-29-27-25-23-20-18-16-14-12-10-8-6-4-2/h6,8,12,14,18,20,25,27,43,46H,3-5,7,9-11,13,15-17,19,21-24,26,28-42H2,1-2H3/b8-6-,14-12-,20-18-,27-25-/t43-/m0/s1. The molecule has 0 amide bonds. The van der Waals surface area contributed by atoms with E-state index in [4.69, 9.17) is 9.47 Å². The van der Waals surface area contributed by atoms with Crippen LogP contribution in [0, 0.1) is 0 Å². The fourth-order valence-electron chi connectivity index (χ4n) is 5.96. The molecule has 0 bridgehead atoms. The predicted octanol–water partition coefficient (Wildman–Crippen LogP) is 13.4. The van der Waals surface area contributed by atoms with E-state index >= 15 is 0 Å². The fraction of sp³-hybridized carbons (Fsp3) is 0.778. The van der Waals surface area contributed by atoms with Crippen molar-refractivity contribution >= 4 is 11.9 Å². The summed E-state index contributed by atoms with van der Waals surface area (Å²) in [6, 6.07) is 0. The number of allylic oxidation sites excluding steroid dienone is 8. The molecule has 0 fully saturated rings. The van der Waals surface area contributed by atoms with E-state index in [1.807, 2.05) is 0 Å². The highest BCUT2D eigenvalue weighted by molar-refractivity contribution is 5.70. The zero-order valence-electron chi connectivity index (χ0n) is 32.9.